The first kappa shape index (κ1) is 18.1. The molecule has 0 aliphatic carbocycles. The third-order valence-electron chi connectivity index (χ3n) is 4.16. The average Bonchev–Trinajstić information content (AvgIpc) is 2.79. The first-order valence-electron chi connectivity index (χ1n) is 7.73. The summed E-state index contributed by atoms with van der Waals surface area (Å²) >= 11 is 5.94. The van der Waals surface area contributed by atoms with Gasteiger partial charge in [-0.25, -0.2) is 4.79 Å². The summed E-state index contributed by atoms with van der Waals surface area (Å²) in [4.78, 5) is 26.3. The first-order chi connectivity index (χ1) is 12.3. The maximum atomic E-state index is 12.8. The highest BCUT2D eigenvalue weighted by Crippen LogP contribution is 2.31. The van der Waals surface area contributed by atoms with Gasteiger partial charge in [0.25, 0.3) is 5.91 Å². The maximum Gasteiger partial charge on any atom is 0.387 e. The molecule has 3 rings (SSSR count). The van der Waals surface area contributed by atoms with Gasteiger partial charge >= 0.3 is 12.6 Å². The van der Waals surface area contributed by atoms with Crippen LogP contribution in [0.3, 0.4) is 0 Å². The number of benzene rings is 2. The van der Waals surface area contributed by atoms with Crippen molar-refractivity contribution in [2.45, 2.75) is 25.6 Å². The molecule has 2 aromatic carbocycles. The fraction of sp³-hybridized carbons (Fsp3) is 0.222. The summed E-state index contributed by atoms with van der Waals surface area (Å²) in [5, 5.41) is 3.16. The SMILES string of the molecule is C[C@@]1(c2ccc(OC(F)F)cc2)NC(=O)N(Cc2cccc(Cl)c2)C1=O. The number of hydrogen-bond donors (Lipinski definition) is 1. The predicted octanol–water partition coefficient (Wildman–Crippen LogP) is 3.91. The van der Waals surface area contributed by atoms with Crippen LogP contribution in [0.2, 0.25) is 5.02 Å². The maximum absolute atomic E-state index is 12.8. The normalized spacial score (nSPS) is 19.8. The Hall–Kier alpha value is -2.67. The number of amides is 3. The van der Waals surface area contributed by atoms with E-state index in [-0.39, 0.29) is 12.3 Å². The fourth-order valence-corrected chi connectivity index (χ4v) is 3.04. The molecule has 0 radical (unpaired) electrons. The van der Waals surface area contributed by atoms with E-state index in [4.69, 9.17) is 11.6 Å². The summed E-state index contributed by atoms with van der Waals surface area (Å²) in [6.45, 7) is -1.29. The second-order valence-electron chi connectivity index (χ2n) is 5.98. The van der Waals surface area contributed by atoms with Crippen LogP contribution in [-0.2, 0) is 16.9 Å². The zero-order valence-corrected chi connectivity index (χ0v) is 14.5. The molecule has 1 N–H and O–H groups in total. The van der Waals surface area contributed by atoms with E-state index in [1.54, 1.807) is 31.2 Å². The van der Waals surface area contributed by atoms with E-state index in [1.165, 1.54) is 24.3 Å². The van der Waals surface area contributed by atoms with Crippen LogP contribution in [0.15, 0.2) is 48.5 Å². The van der Waals surface area contributed by atoms with Gasteiger partial charge in [-0.2, -0.15) is 8.78 Å². The number of hydrogen-bond acceptors (Lipinski definition) is 3. The van der Waals surface area contributed by atoms with E-state index < -0.39 is 24.1 Å². The number of carbonyl (C=O) groups is 2. The molecule has 0 unspecified atom stereocenters. The van der Waals surface area contributed by atoms with E-state index in [0.717, 1.165) is 4.90 Å². The van der Waals surface area contributed by atoms with Gasteiger partial charge in [-0.05, 0) is 42.3 Å². The summed E-state index contributed by atoms with van der Waals surface area (Å²) in [5.41, 5.74) is -0.115. The largest absolute Gasteiger partial charge is 0.435 e. The molecule has 8 heteroatoms. The summed E-state index contributed by atoms with van der Waals surface area (Å²) in [6, 6.07) is 11.9. The van der Waals surface area contributed by atoms with Crippen LogP contribution in [0.1, 0.15) is 18.1 Å². The Balaban J connectivity index is 1.82. The molecule has 1 fully saturated rings. The number of halogens is 3. The van der Waals surface area contributed by atoms with Gasteiger partial charge in [-0.3, -0.25) is 9.69 Å². The van der Waals surface area contributed by atoms with E-state index in [1.807, 2.05) is 0 Å². The lowest BCUT2D eigenvalue weighted by atomic mass is 9.92. The van der Waals surface area contributed by atoms with Gasteiger partial charge in [0.1, 0.15) is 11.3 Å². The van der Waals surface area contributed by atoms with Gasteiger partial charge in [-0.15, -0.1) is 0 Å². The zero-order chi connectivity index (χ0) is 18.9. The number of carbonyl (C=O) groups excluding carboxylic acids is 2. The molecule has 1 aliphatic heterocycles. The third kappa shape index (κ3) is 3.48. The smallest absolute Gasteiger partial charge is 0.387 e. The Morgan fingerprint density at radius 2 is 1.88 bits per heavy atom. The highest BCUT2D eigenvalue weighted by atomic mass is 35.5. The second-order valence-corrected chi connectivity index (χ2v) is 6.42. The molecular weight excluding hydrogens is 366 g/mol. The molecule has 5 nitrogen and oxygen atoms in total. The molecule has 136 valence electrons. The summed E-state index contributed by atoms with van der Waals surface area (Å²) in [6.07, 6.45) is 0. The number of alkyl halides is 2. The fourth-order valence-electron chi connectivity index (χ4n) is 2.82. The first-order valence-corrected chi connectivity index (χ1v) is 8.11. The number of nitrogens with one attached hydrogen (secondary N) is 1. The van der Waals surface area contributed by atoms with Crippen LogP contribution in [0.5, 0.6) is 5.75 Å². The molecule has 2 aromatic rings. The summed E-state index contributed by atoms with van der Waals surface area (Å²) in [7, 11) is 0. The quantitative estimate of drug-likeness (QED) is 0.800. The van der Waals surface area contributed by atoms with Crippen molar-refractivity contribution in [2.24, 2.45) is 0 Å². The lowest BCUT2D eigenvalue weighted by molar-refractivity contribution is -0.131. The molecule has 3 amide bonds. The number of urea groups is 1. The Kier molecular flexibility index (Phi) is 4.82. The Morgan fingerprint density at radius 1 is 1.19 bits per heavy atom. The minimum atomic E-state index is -2.93. The predicted molar refractivity (Wildman–Crippen MR) is 91.0 cm³/mol. The van der Waals surface area contributed by atoms with Crippen molar-refractivity contribution in [1.82, 2.24) is 10.2 Å². The van der Waals surface area contributed by atoms with E-state index >= 15 is 0 Å². The highest BCUT2D eigenvalue weighted by molar-refractivity contribution is 6.30. The van der Waals surface area contributed by atoms with Gasteiger partial charge in [0.2, 0.25) is 0 Å². The van der Waals surface area contributed by atoms with E-state index in [0.29, 0.717) is 16.1 Å². The molecule has 1 atom stereocenters. The molecule has 1 heterocycles. The van der Waals surface area contributed by atoms with Gasteiger partial charge in [0.05, 0.1) is 6.54 Å². The van der Waals surface area contributed by atoms with Crippen molar-refractivity contribution in [3.05, 3.63) is 64.7 Å². The van der Waals surface area contributed by atoms with Crippen LogP contribution in [-0.4, -0.2) is 23.4 Å². The third-order valence-corrected chi connectivity index (χ3v) is 4.40. The van der Waals surface area contributed by atoms with Crippen LogP contribution in [0.25, 0.3) is 0 Å². The van der Waals surface area contributed by atoms with Gasteiger partial charge in [0.15, 0.2) is 0 Å². The van der Waals surface area contributed by atoms with Crippen LogP contribution in [0.4, 0.5) is 13.6 Å². The second kappa shape index (κ2) is 6.92. The van der Waals surface area contributed by atoms with Gasteiger partial charge in [-0.1, -0.05) is 35.9 Å². The topological polar surface area (TPSA) is 58.6 Å². The Morgan fingerprint density at radius 3 is 2.50 bits per heavy atom. The van der Waals surface area contributed by atoms with E-state index in [2.05, 4.69) is 10.1 Å². The molecule has 1 aliphatic rings. The standard InChI is InChI=1S/C18H15ClF2N2O3/c1-18(12-5-7-14(8-6-12)26-16(20)21)15(24)23(17(25)22-18)10-11-3-2-4-13(19)9-11/h2-9,16H,10H2,1H3,(H,22,25)/t18-/m0/s1. The minimum absolute atomic E-state index is 0.0279. The van der Waals surface area contributed by atoms with Crippen molar-refractivity contribution in [3.63, 3.8) is 0 Å². The van der Waals surface area contributed by atoms with Crippen molar-refractivity contribution in [2.75, 3.05) is 0 Å². The molecule has 0 spiro atoms. The van der Waals surface area contributed by atoms with Crippen LogP contribution >= 0.6 is 11.6 Å². The Labute approximate surface area is 153 Å². The van der Waals surface area contributed by atoms with Gasteiger partial charge in [0, 0.05) is 5.02 Å². The molecular formula is C18H15ClF2N2O3. The average molecular weight is 381 g/mol. The Bertz CT molecular complexity index is 845. The number of nitrogens with zero attached hydrogens (tertiary/aromatic N) is 1. The van der Waals surface area contributed by atoms with Crippen molar-refractivity contribution < 1.29 is 23.1 Å². The van der Waals surface area contributed by atoms with Gasteiger partial charge < -0.3 is 10.1 Å². The van der Waals surface area contributed by atoms with Crippen LogP contribution < -0.4 is 10.1 Å². The molecule has 0 bridgehead atoms. The molecule has 26 heavy (non-hydrogen) atoms. The number of ether oxygens (including phenoxy) is 1. The lowest BCUT2D eigenvalue weighted by Crippen LogP contribution is -2.40. The van der Waals surface area contributed by atoms with Crippen molar-refractivity contribution >= 4 is 23.5 Å². The lowest BCUT2D eigenvalue weighted by Gasteiger charge is -2.22. The molecule has 0 aromatic heterocycles. The van der Waals surface area contributed by atoms with Crippen molar-refractivity contribution in [3.8, 4) is 5.75 Å². The van der Waals surface area contributed by atoms with Crippen molar-refractivity contribution in [1.29, 1.82) is 0 Å². The monoisotopic (exact) mass is 380 g/mol. The molecule has 0 saturated carbocycles. The number of imide groups is 1. The zero-order valence-electron chi connectivity index (χ0n) is 13.7. The molecule has 1 saturated heterocycles. The minimum Gasteiger partial charge on any atom is -0.435 e. The van der Waals surface area contributed by atoms with E-state index in [9.17, 15) is 18.4 Å². The van der Waals surface area contributed by atoms with Crippen LogP contribution in [0, 0.1) is 0 Å². The summed E-state index contributed by atoms with van der Waals surface area (Å²) < 4.78 is 28.8. The summed E-state index contributed by atoms with van der Waals surface area (Å²) in [5.74, 6) is -0.468. The highest BCUT2D eigenvalue weighted by Gasteiger charge is 2.48. The number of rotatable bonds is 5.